The molecule has 3 aliphatic rings. The number of carbonyl (C=O) groups excluding carboxylic acids is 1. The van der Waals surface area contributed by atoms with E-state index in [-0.39, 0.29) is 18.0 Å². The van der Waals surface area contributed by atoms with Crippen molar-refractivity contribution in [1.82, 2.24) is 10.2 Å². The molecule has 0 spiro atoms. The first-order valence-corrected chi connectivity index (χ1v) is 7.91. The topological polar surface area (TPSA) is 69.6 Å². The number of rotatable bonds is 4. The van der Waals surface area contributed by atoms with Crippen molar-refractivity contribution in [2.24, 2.45) is 17.8 Å². The Morgan fingerprint density at radius 3 is 2.85 bits per heavy atom. The molecule has 2 saturated carbocycles. The van der Waals surface area contributed by atoms with Gasteiger partial charge in [0.2, 0.25) is 0 Å². The molecule has 0 aromatic carbocycles. The van der Waals surface area contributed by atoms with Gasteiger partial charge in [0.1, 0.15) is 6.04 Å². The van der Waals surface area contributed by atoms with E-state index in [4.69, 9.17) is 0 Å². The molecule has 0 radical (unpaired) electrons. The van der Waals surface area contributed by atoms with Crippen LogP contribution in [0.25, 0.3) is 0 Å². The molecule has 0 aromatic heterocycles. The number of fused-ring (bicyclic) bond motifs is 1. The highest BCUT2D eigenvalue weighted by Gasteiger charge is 2.50. The van der Waals surface area contributed by atoms with Crippen molar-refractivity contribution in [3.8, 4) is 0 Å². The van der Waals surface area contributed by atoms with Gasteiger partial charge in [0.15, 0.2) is 0 Å². The monoisotopic (exact) mass is 280 g/mol. The second-order valence-corrected chi connectivity index (χ2v) is 6.63. The maximum atomic E-state index is 12.3. The van der Waals surface area contributed by atoms with Crippen LogP contribution in [0, 0.1) is 17.8 Å². The van der Waals surface area contributed by atoms with E-state index in [1.54, 1.807) is 4.90 Å². The Labute approximate surface area is 119 Å². The molecule has 3 fully saturated rings. The van der Waals surface area contributed by atoms with Crippen molar-refractivity contribution >= 4 is 12.0 Å². The normalized spacial score (nSPS) is 38.6. The van der Waals surface area contributed by atoms with Crippen LogP contribution in [0.15, 0.2) is 0 Å². The number of nitrogens with one attached hydrogen (secondary N) is 1. The maximum Gasteiger partial charge on any atom is 0.326 e. The van der Waals surface area contributed by atoms with Crippen LogP contribution in [-0.2, 0) is 4.79 Å². The Morgan fingerprint density at radius 2 is 2.15 bits per heavy atom. The summed E-state index contributed by atoms with van der Waals surface area (Å²) in [7, 11) is 0. The zero-order valence-electron chi connectivity index (χ0n) is 12.0. The van der Waals surface area contributed by atoms with Gasteiger partial charge in [0.05, 0.1) is 0 Å². The van der Waals surface area contributed by atoms with Gasteiger partial charge >= 0.3 is 12.0 Å². The van der Waals surface area contributed by atoms with E-state index in [9.17, 15) is 14.7 Å². The second-order valence-electron chi connectivity index (χ2n) is 6.63. The van der Waals surface area contributed by atoms with E-state index < -0.39 is 12.0 Å². The summed E-state index contributed by atoms with van der Waals surface area (Å²) >= 11 is 0. The van der Waals surface area contributed by atoms with Crippen LogP contribution >= 0.6 is 0 Å². The third kappa shape index (κ3) is 2.38. The minimum absolute atomic E-state index is 0.157. The molecule has 5 heteroatoms. The molecule has 1 heterocycles. The predicted octanol–water partition coefficient (Wildman–Crippen LogP) is 2.07. The van der Waals surface area contributed by atoms with Crippen molar-refractivity contribution in [1.29, 1.82) is 0 Å². The fourth-order valence-corrected chi connectivity index (χ4v) is 4.19. The first kappa shape index (κ1) is 13.7. The molecule has 20 heavy (non-hydrogen) atoms. The van der Waals surface area contributed by atoms with E-state index >= 15 is 0 Å². The number of nitrogens with zero attached hydrogens (tertiary/aromatic N) is 1. The Bertz CT molecular complexity index is 412. The number of carbonyl (C=O) groups is 2. The van der Waals surface area contributed by atoms with Gasteiger partial charge in [0, 0.05) is 12.6 Å². The molecule has 2 N–H and O–H groups in total. The summed E-state index contributed by atoms with van der Waals surface area (Å²) in [6.07, 6.45) is 6.47. The Balaban J connectivity index is 1.61. The maximum absolute atomic E-state index is 12.3. The van der Waals surface area contributed by atoms with E-state index in [0.717, 1.165) is 38.5 Å². The van der Waals surface area contributed by atoms with Crippen LogP contribution in [0.2, 0.25) is 0 Å². The van der Waals surface area contributed by atoms with Gasteiger partial charge in [-0.25, -0.2) is 9.59 Å². The lowest BCUT2D eigenvalue weighted by molar-refractivity contribution is -0.142. The van der Waals surface area contributed by atoms with E-state index in [1.807, 2.05) is 0 Å². The molecule has 3 rings (SSSR count). The number of hydrogen-bond donors (Lipinski definition) is 2. The summed E-state index contributed by atoms with van der Waals surface area (Å²) in [6.45, 7) is 2.78. The summed E-state index contributed by atoms with van der Waals surface area (Å²) in [6, 6.07) is -0.487. The number of hydrogen-bond acceptors (Lipinski definition) is 2. The molecule has 5 unspecified atom stereocenters. The van der Waals surface area contributed by atoms with Gasteiger partial charge in [-0.2, -0.15) is 0 Å². The van der Waals surface area contributed by atoms with Crippen molar-refractivity contribution in [2.45, 2.75) is 57.5 Å². The first-order chi connectivity index (χ1) is 9.61. The van der Waals surface area contributed by atoms with Crippen LogP contribution in [0.1, 0.15) is 45.4 Å². The van der Waals surface area contributed by atoms with Crippen LogP contribution in [0.4, 0.5) is 4.79 Å². The fourth-order valence-electron chi connectivity index (χ4n) is 4.19. The quantitative estimate of drug-likeness (QED) is 0.828. The molecule has 0 bridgehead atoms. The van der Waals surface area contributed by atoms with E-state index in [2.05, 4.69) is 12.2 Å². The molecular formula is C15H24N2O3. The van der Waals surface area contributed by atoms with Gasteiger partial charge in [0.25, 0.3) is 0 Å². The molecule has 2 amide bonds. The molecule has 5 atom stereocenters. The number of urea groups is 1. The lowest BCUT2D eigenvalue weighted by Crippen LogP contribution is -2.48. The molecule has 1 saturated heterocycles. The van der Waals surface area contributed by atoms with Gasteiger partial charge in [-0.3, -0.25) is 0 Å². The highest BCUT2D eigenvalue weighted by molar-refractivity contribution is 5.84. The molecule has 1 aliphatic heterocycles. The number of likely N-dealkylation sites (tertiary alicyclic amines) is 1. The average molecular weight is 280 g/mol. The third-order valence-electron chi connectivity index (χ3n) is 5.30. The van der Waals surface area contributed by atoms with Crippen molar-refractivity contribution in [3.05, 3.63) is 0 Å². The van der Waals surface area contributed by atoms with E-state index in [1.165, 1.54) is 0 Å². The van der Waals surface area contributed by atoms with Crippen LogP contribution in [-0.4, -0.2) is 40.6 Å². The molecule has 5 nitrogen and oxygen atoms in total. The minimum Gasteiger partial charge on any atom is -0.480 e. The fraction of sp³-hybridized carbons (Fsp3) is 0.867. The van der Waals surface area contributed by atoms with E-state index in [0.29, 0.717) is 18.4 Å². The molecule has 0 aromatic rings. The van der Waals surface area contributed by atoms with Crippen molar-refractivity contribution < 1.29 is 14.7 Å². The van der Waals surface area contributed by atoms with Gasteiger partial charge in [-0.1, -0.05) is 19.8 Å². The van der Waals surface area contributed by atoms with Gasteiger partial charge < -0.3 is 15.3 Å². The number of aliphatic carboxylic acids is 1. The highest BCUT2D eigenvalue weighted by Crippen LogP contribution is 2.42. The highest BCUT2D eigenvalue weighted by atomic mass is 16.4. The van der Waals surface area contributed by atoms with Crippen LogP contribution in [0.5, 0.6) is 0 Å². The van der Waals surface area contributed by atoms with Crippen molar-refractivity contribution in [2.75, 3.05) is 6.54 Å². The standard InChI is InChI=1S/C15H24N2O3/c1-2-4-9-7-12(9)16-15(20)17-8-10-5-3-6-11(10)13(17)14(18)19/h9-13H,2-8H2,1H3,(H,16,20)(H,18,19). The van der Waals surface area contributed by atoms with Crippen LogP contribution in [0.3, 0.4) is 0 Å². The number of carboxylic acids is 1. The summed E-state index contributed by atoms with van der Waals surface area (Å²) in [4.78, 5) is 25.4. The number of carboxylic acid groups (broad SMARTS) is 1. The first-order valence-electron chi connectivity index (χ1n) is 7.91. The smallest absolute Gasteiger partial charge is 0.326 e. The van der Waals surface area contributed by atoms with Crippen molar-refractivity contribution in [3.63, 3.8) is 0 Å². The molecule has 112 valence electrons. The third-order valence-corrected chi connectivity index (χ3v) is 5.30. The van der Waals surface area contributed by atoms with Gasteiger partial charge in [-0.05, 0) is 43.4 Å². The lowest BCUT2D eigenvalue weighted by Gasteiger charge is -2.24. The summed E-state index contributed by atoms with van der Waals surface area (Å²) in [5, 5.41) is 12.5. The summed E-state index contributed by atoms with van der Waals surface area (Å²) in [5.74, 6) is 0.334. The zero-order valence-corrected chi connectivity index (χ0v) is 12.0. The largest absolute Gasteiger partial charge is 0.480 e. The molecule has 2 aliphatic carbocycles. The van der Waals surface area contributed by atoms with Gasteiger partial charge in [-0.15, -0.1) is 0 Å². The lowest BCUT2D eigenvalue weighted by atomic mass is 9.94. The summed E-state index contributed by atoms with van der Waals surface area (Å²) in [5.41, 5.74) is 0. The average Bonchev–Trinajstić information content (AvgIpc) is 2.84. The van der Waals surface area contributed by atoms with Crippen LogP contribution < -0.4 is 5.32 Å². The Hall–Kier alpha value is -1.26. The Morgan fingerprint density at radius 1 is 1.35 bits per heavy atom. The zero-order chi connectivity index (χ0) is 14.3. The summed E-state index contributed by atoms with van der Waals surface area (Å²) < 4.78 is 0. The second kappa shape index (κ2) is 5.26. The molecular weight excluding hydrogens is 256 g/mol. The Kier molecular flexibility index (Phi) is 3.61. The predicted molar refractivity (Wildman–Crippen MR) is 74.3 cm³/mol. The SMILES string of the molecule is CCCC1CC1NC(=O)N1CC2CCCC2C1C(=O)O. The minimum atomic E-state index is -0.838. The number of amides is 2.